The van der Waals surface area contributed by atoms with Crippen molar-refractivity contribution in [3.63, 3.8) is 0 Å². The molecule has 1 amide bonds. The molecule has 4 nitrogen and oxygen atoms in total. The fourth-order valence-electron chi connectivity index (χ4n) is 1.42. The zero-order valence-electron chi connectivity index (χ0n) is 11.1. The van der Waals surface area contributed by atoms with Crippen LogP contribution in [0.3, 0.4) is 0 Å². The van der Waals surface area contributed by atoms with Gasteiger partial charge in [-0.1, -0.05) is 38.4 Å². The van der Waals surface area contributed by atoms with Gasteiger partial charge in [-0.2, -0.15) is 0 Å². The third kappa shape index (κ3) is 3.62. The van der Waals surface area contributed by atoms with Crippen molar-refractivity contribution in [1.29, 1.82) is 0 Å². The molecule has 0 radical (unpaired) electrons. The molecule has 0 saturated carbocycles. The summed E-state index contributed by atoms with van der Waals surface area (Å²) in [7, 11) is 0. The predicted octanol–water partition coefficient (Wildman–Crippen LogP) is 2.39. The maximum Gasteiger partial charge on any atom is 0.274 e. The Balaban J connectivity index is 2.90. The third-order valence-corrected chi connectivity index (χ3v) is 2.91. The lowest BCUT2D eigenvalue weighted by molar-refractivity contribution is -0.127. The SMILES string of the molecule is CC(Oc1ccc(C(C)(C)C)cc1Cl)C(=O)NN. The van der Waals surface area contributed by atoms with Crippen LogP contribution < -0.4 is 16.0 Å². The zero-order valence-corrected chi connectivity index (χ0v) is 11.8. The maximum atomic E-state index is 11.2. The third-order valence-electron chi connectivity index (χ3n) is 2.61. The first-order chi connectivity index (χ1) is 8.25. The zero-order chi connectivity index (χ0) is 13.9. The van der Waals surface area contributed by atoms with Gasteiger partial charge in [0.1, 0.15) is 5.75 Å². The van der Waals surface area contributed by atoms with Gasteiger partial charge < -0.3 is 4.74 Å². The fourth-order valence-corrected chi connectivity index (χ4v) is 1.65. The number of hydrazine groups is 1. The van der Waals surface area contributed by atoms with E-state index in [1.807, 2.05) is 17.6 Å². The van der Waals surface area contributed by atoms with E-state index < -0.39 is 12.0 Å². The van der Waals surface area contributed by atoms with Crippen molar-refractivity contribution >= 4 is 17.5 Å². The Morgan fingerprint density at radius 2 is 2.06 bits per heavy atom. The molecule has 1 atom stereocenters. The quantitative estimate of drug-likeness (QED) is 0.504. The molecular weight excluding hydrogens is 252 g/mol. The van der Waals surface area contributed by atoms with Crippen molar-refractivity contribution in [2.45, 2.75) is 39.2 Å². The molecule has 1 aromatic carbocycles. The van der Waals surface area contributed by atoms with Crippen LogP contribution in [0, 0.1) is 0 Å². The first-order valence-corrected chi connectivity index (χ1v) is 6.10. The van der Waals surface area contributed by atoms with Crippen LogP contribution in [0.4, 0.5) is 0 Å². The Morgan fingerprint density at radius 3 is 2.50 bits per heavy atom. The van der Waals surface area contributed by atoms with Crippen LogP contribution in [-0.4, -0.2) is 12.0 Å². The number of nitrogens with two attached hydrogens (primary N) is 1. The molecule has 0 aliphatic carbocycles. The highest BCUT2D eigenvalue weighted by Gasteiger charge is 2.18. The normalized spacial score (nSPS) is 13.0. The summed E-state index contributed by atoms with van der Waals surface area (Å²) in [6.07, 6.45) is -0.687. The number of nitrogens with one attached hydrogen (secondary N) is 1. The second-order valence-corrected chi connectivity index (χ2v) is 5.57. The standard InChI is InChI=1S/C13H19ClN2O2/c1-8(12(17)16-15)18-11-6-5-9(7-10(11)14)13(2,3)4/h5-8H,15H2,1-4H3,(H,16,17). The van der Waals surface area contributed by atoms with E-state index in [1.54, 1.807) is 13.0 Å². The highest BCUT2D eigenvalue weighted by molar-refractivity contribution is 6.32. The molecule has 0 saturated heterocycles. The van der Waals surface area contributed by atoms with E-state index >= 15 is 0 Å². The van der Waals surface area contributed by atoms with Gasteiger partial charge in [0, 0.05) is 0 Å². The summed E-state index contributed by atoms with van der Waals surface area (Å²) in [6.45, 7) is 7.91. The lowest BCUT2D eigenvalue weighted by Gasteiger charge is -2.21. The average molecular weight is 271 g/mol. The molecule has 18 heavy (non-hydrogen) atoms. The molecule has 0 spiro atoms. The summed E-state index contributed by atoms with van der Waals surface area (Å²) >= 11 is 6.14. The molecular formula is C13H19ClN2O2. The Kier molecular flexibility index (Phi) is 4.59. The summed E-state index contributed by atoms with van der Waals surface area (Å²) in [4.78, 5) is 11.2. The number of carbonyl (C=O) groups excluding carboxylic acids is 1. The highest BCUT2D eigenvalue weighted by Crippen LogP contribution is 2.31. The largest absolute Gasteiger partial charge is 0.479 e. The van der Waals surface area contributed by atoms with Gasteiger partial charge in [-0.3, -0.25) is 10.2 Å². The minimum Gasteiger partial charge on any atom is -0.479 e. The lowest BCUT2D eigenvalue weighted by atomic mass is 9.87. The molecule has 0 aromatic heterocycles. The molecule has 1 unspecified atom stereocenters. The fraction of sp³-hybridized carbons (Fsp3) is 0.462. The Labute approximate surface area is 112 Å². The van der Waals surface area contributed by atoms with E-state index in [-0.39, 0.29) is 5.41 Å². The molecule has 100 valence electrons. The monoisotopic (exact) mass is 270 g/mol. The summed E-state index contributed by atoms with van der Waals surface area (Å²) in [5, 5.41) is 0.485. The van der Waals surface area contributed by atoms with Gasteiger partial charge in [0.15, 0.2) is 6.10 Å². The molecule has 5 heteroatoms. The van der Waals surface area contributed by atoms with Crippen molar-refractivity contribution in [2.75, 3.05) is 0 Å². The van der Waals surface area contributed by atoms with E-state index in [0.29, 0.717) is 10.8 Å². The molecule has 3 N–H and O–H groups in total. The maximum absolute atomic E-state index is 11.2. The van der Waals surface area contributed by atoms with Gasteiger partial charge in [0.2, 0.25) is 0 Å². The number of halogens is 1. The number of benzene rings is 1. The minimum atomic E-state index is -0.687. The molecule has 0 fully saturated rings. The summed E-state index contributed by atoms with van der Waals surface area (Å²) in [5.41, 5.74) is 3.16. The molecule has 1 rings (SSSR count). The molecule has 0 aliphatic rings. The lowest BCUT2D eigenvalue weighted by Crippen LogP contribution is -2.40. The van der Waals surface area contributed by atoms with Crippen molar-refractivity contribution in [2.24, 2.45) is 5.84 Å². The summed E-state index contributed by atoms with van der Waals surface area (Å²) in [5.74, 6) is 5.11. The van der Waals surface area contributed by atoms with E-state index in [1.165, 1.54) is 0 Å². The Morgan fingerprint density at radius 1 is 1.44 bits per heavy atom. The van der Waals surface area contributed by atoms with Gasteiger partial charge in [0.25, 0.3) is 5.91 Å². The minimum absolute atomic E-state index is 0.0163. The number of ether oxygens (including phenoxy) is 1. The van der Waals surface area contributed by atoms with Gasteiger partial charge in [0.05, 0.1) is 5.02 Å². The highest BCUT2D eigenvalue weighted by atomic mass is 35.5. The number of rotatable bonds is 3. The van der Waals surface area contributed by atoms with Crippen molar-refractivity contribution in [3.05, 3.63) is 28.8 Å². The van der Waals surface area contributed by atoms with Crippen LogP contribution in [0.25, 0.3) is 0 Å². The van der Waals surface area contributed by atoms with Crippen molar-refractivity contribution < 1.29 is 9.53 Å². The molecule has 0 heterocycles. The smallest absolute Gasteiger partial charge is 0.274 e. The first kappa shape index (κ1) is 14.8. The predicted molar refractivity (Wildman–Crippen MR) is 72.6 cm³/mol. The van der Waals surface area contributed by atoms with Gasteiger partial charge in [-0.25, -0.2) is 5.84 Å². The van der Waals surface area contributed by atoms with Crippen molar-refractivity contribution in [1.82, 2.24) is 5.43 Å². The number of hydrogen-bond acceptors (Lipinski definition) is 3. The number of amides is 1. The van der Waals surface area contributed by atoms with E-state index in [2.05, 4.69) is 20.8 Å². The van der Waals surface area contributed by atoms with Crippen LogP contribution >= 0.6 is 11.6 Å². The van der Waals surface area contributed by atoms with E-state index in [4.69, 9.17) is 22.2 Å². The van der Waals surface area contributed by atoms with Crippen LogP contribution in [0.15, 0.2) is 18.2 Å². The van der Waals surface area contributed by atoms with Crippen LogP contribution in [-0.2, 0) is 10.2 Å². The summed E-state index contributed by atoms with van der Waals surface area (Å²) < 4.78 is 5.44. The van der Waals surface area contributed by atoms with Crippen molar-refractivity contribution in [3.8, 4) is 5.75 Å². The van der Waals surface area contributed by atoms with Crippen LogP contribution in [0.5, 0.6) is 5.75 Å². The molecule has 0 bridgehead atoms. The van der Waals surface area contributed by atoms with Gasteiger partial charge >= 0.3 is 0 Å². The number of carbonyl (C=O) groups is 1. The Hall–Kier alpha value is -1.26. The average Bonchev–Trinajstić information content (AvgIpc) is 2.29. The molecule has 0 aliphatic heterocycles. The topological polar surface area (TPSA) is 64.3 Å². The van der Waals surface area contributed by atoms with Gasteiger partial charge in [-0.05, 0) is 30.0 Å². The Bertz CT molecular complexity index is 441. The molecule has 1 aromatic rings. The second kappa shape index (κ2) is 5.59. The number of hydrogen-bond donors (Lipinski definition) is 2. The van der Waals surface area contributed by atoms with Crippen LogP contribution in [0.2, 0.25) is 5.02 Å². The van der Waals surface area contributed by atoms with E-state index in [0.717, 1.165) is 5.56 Å². The van der Waals surface area contributed by atoms with Crippen LogP contribution in [0.1, 0.15) is 33.3 Å². The summed E-state index contributed by atoms with van der Waals surface area (Å²) in [6, 6.07) is 5.56. The van der Waals surface area contributed by atoms with E-state index in [9.17, 15) is 4.79 Å². The second-order valence-electron chi connectivity index (χ2n) is 5.16. The first-order valence-electron chi connectivity index (χ1n) is 5.73. The van der Waals surface area contributed by atoms with Gasteiger partial charge in [-0.15, -0.1) is 0 Å².